The van der Waals surface area contributed by atoms with Crippen molar-refractivity contribution in [2.75, 3.05) is 0 Å². The molecule has 5 nitrogen and oxygen atoms in total. The number of fused-ring (bicyclic) bond motifs is 1. The lowest BCUT2D eigenvalue weighted by Crippen LogP contribution is -2.10. The zero-order chi connectivity index (χ0) is 15.9. The maximum absolute atomic E-state index is 12.3. The van der Waals surface area contributed by atoms with Gasteiger partial charge in [-0.15, -0.1) is 0 Å². The van der Waals surface area contributed by atoms with Gasteiger partial charge in [0.15, 0.2) is 11.5 Å². The fourth-order valence-corrected chi connectivity index (χ4v) is 3.13. The molecule has 0 bridgehead atoms. The first kappa shape index (κ1) is 14.6. The molecule has 0 fully saturated rings. The number of hydrogen-bond acceptors (Lipinski definition) is 5. The van der Waals surface area contributed by atoms with Crippen molar-refractivity contribution in [1.82, 2.24) is 4.98 Å². The lowest BCUT2D eigenvalue weighted by Gasteiger charge is -2.08. The van der Waals surface area contributed by atoms with E-state index in [-0.39, 0.29) is 10.6 Å². The number of hydrogen-bond donors (Lipinski definition) is 0. The van der Waals surface area contributed by atoms with Crippen molar-refractivity contribution < 1.29 is 17.0 Å². The smallest absolute Gasteiger partial charge is 0.339 e. The van der Waals surface area contributed by atoms with Crippen LogP contribution < -0.4 is 4.18 Å². The Bertz CT molecular complexity index is 957. The molecule has 0 N–H and O–H groups in total. The summed E-state index contributed by atoms with van der Waals surface area (Å²) in [6.07, 6.45) is 0. The van der Waals surface area contributed by atoms with E-state index in [0.717, 1.165) is 11.1 Å². The van der Waals surface area contributed by atoms with Gasteiger partial charge in [0, 0.05) is 13.0 Å². The van der Waals surface area contributed by atoms with E-state index in [2.05, 4.69) is 4.98 Å². The minimum atomic E-state index is -3.87. The summed E-state index contributed by atoms with van der Waals surface area (Å²) in [4.78, 5) is 4.29. The van der Waals surface area contributed by atoms with Crippen LogP contribution in [-0.4, -0.2) is 13.4 Å². The zero-order valence-corrected chi connectivity index (χ0v) is 13.3. The third-order valence-corrected chi connectivity index (χ3v) is 4.68. The lowest BCUT2D eigenvalue weighted by atomic mass is 10.1. The number of nitrogens with zero attached hydrogens (tertiary/aromatic N) is 1. The number of aromatic nitrogens is 1. The molecule has 3 aromatic rings. The van der Waals surface area contributed by atoms with Crippen LogP contribution in [-0.2, 0) is 10.1 Å². The first-order valence-corrected chi connectivity index (χ1v) is 8.15. The summed E-state index contributed by atoms with van der Waals surface area (Å²) in [6, 6.07) is 9.63. The Morgan fingerprint density at radius 3 is 2.50 bits per heavy atom. The molecule has 2 aromatic carbocycles. The average molecular weight is 317 g/mol. The Kier molecular flexibility index (Phi) is 3.41. The molecule has 0 spiro atoms. The van der Waals surface area contributed by atoms with Gasteiger partial charge in [-0.25, -0.2) is 4.98 Å². The topological polar surface area (TPSA) is 69.4 Å². The van der Waals surface area contributed by atoms with Gasteiger partial charge in [0.05, 0.1) is 0 Å². The van der Waals surface area contributed by atoms with Crippen molar-refractivity contribution in [3.05, 3.63) is 53.4 Å². The van der Waals surface area contributed by atoms with Crippen LogP contribution in [0.5, 0.6) is 5.75 Å². The van der Waals surface area contributed by atoms with E-state index < -0.39 is 10.1 Å². The fourth-order valence-electron chi connectivity index (χ4n) is 2.12. The van der Waals surface area contributed by atoms with Crippen LogP contribution in [0.25, 0.3) is 11.1 Å². The molecule has 114 valence electrons. The average Bonchev–Trinajstić information content (AvgIpc) is 2.80. The Morgan fingerprint density at radius 1 is 1.00 bits per heavy atom. The van der Waals surface area contributed by atoms with Crippen LogP contribution >= 0.6 is 0 Å². The van der Waals surface area contributed by atoms with E-state index in [1.54, 1.807) is 37.3 Å². The van der Waals surface area contributed by atoms with E-state index >= 15 is 0 Å². The molecule has 0 aliphatic carbocycles. The predicted molar refractivity (Wildman–Crippen MR) is 82.5 cm³/mol. The maximum Gasteiger partial charge on any atom is 0.339 e. The third-order valence-electron chi connectivity index (χ3n) is 3.44. The molecule has 0 aliphatic rings. The van der Waals surface area contributed by atoms with Gasteiger partial charge in [-0.3, -0.25) is 0 Å². The van der Waals surface area contributed by atoms with Crippen LogP contribution in [0.1, 0.15) is 17.0 Å². The highest BCUT2D eigenvalue weighted by Gasteiger charge is 2.18. The van der Waals surface area contributed by atoms with Gasteiger partial charge in [-0.05, 0) is 49.2 Å². The Balaban J connectivity index is 1.96. The van der Waals surface area contributed by atoms with E-state index in [0.29, 0.717) is 17.0 Å². The second-order valence-corrected chi connectivity index (χ2v) is 6.69. The van der Waals surface area contributed by atoms with E-state index in [4.69, 9.17) is 8.60 Å². The number of benzene rings is 2. The Labute approximate surface area is 128 Å². The molecule has 1 aromatic heterocycles. The predicted octanol–water partition coefficient (Wildman–Crippen LogP) is 3.52. The second kappa shape index (κ2) is 5.14. The highest BCUT2D eigenvalue weighted by atomic mass is 32.2. The highest BCUT2D eigenvalue weighted by molar-refractivity contribution is 7.87. The monoisotopic (exact) mass is 317 g/mol. The summed E-state index contributed by atoms with van der Waals surface area (Å²) in [7, 11) is -3.87. The van der Waals surface area contributed by atoms with Gasteiger partial charge in [-0.2, -0.15) is 8.42 Å². The number of rotatable bonds is 3. The van der Waals surface area contributed by atoms with Crippen LogP contribution in [0, 0.1) is 20.8 Å². The van der Waals surface area contributed by atoms with Crippen molar-refractivity contribution in [3.8, 4) is 5.75 Å². The van der Waals surface area contributed by atoms with Crippen molar-refractivity contribution in [1.29, 1.82) is 0 Å². The summed E-state index contributed by atoms with van der Waals surface area (Å²) in [6.45, 7) is 5.51. The van der Waals surface area contributed by atoms with Crippen LogP contribution in [0.3, 0.4) is 0 Å². The van der Waals surface area contributed by atoms with Gasteiger partial charge in [-0.1, -0.05) is 6.07 Å². The van der Waals surface area contributed by atoms with Gasteiger partial charge in [0.2, 0.25) is 0 Å². The zero-order valence-electron chi connectivity index (χ0n) is 12.5. The first-order chi connectivity index (χ1) is 10.3. The molecule has 0 unspecified atom stereocenters. The SMILES string of the molecule is Cc1nc2cc(OS(=O)(=O)c3ccc(C)c(C)c3)ccc2o1. The fraction of sp³-hybridized carbons (Fsp3) is 0.188. The van der Waals surface area contributed by atoms with E-state index in [9.17, 15) is 8.42 Å². The largest absolute Gasteiger partial charge is 0.441 e. The molecule has 1 heterocycles. The molecule has 3 rings (SSSR count). The molecule has 0 saturated carbocycles. The summed E-state index contributed by atoms with van der Waals surface area (Å²) >= 11 is 0. The number of aryl methyl sites for hydroxylation is 3. The van der Waals surface area contributed by atoms with Crippen molar-refractivity contribution in [2.45, 2.75) is 25.7 Å². The normalized spacial score (nSPS) is 11.8. The maximum atomic E-state index is 12.3. The Morgan fingerprint density at radius 2 is 1.77 bits per heavy atom. The van der Waals surface area contributed by atoms with Crippen LogP contribution in [0.4, 0.5) is 0 Å². The standard InChI is InChI=1S/C16H15NO4S/c1-10-4-6-14(8-11(10)2)22(18,19)21-13-5-7-16-15(9-13)17-12(3)20-16/h4-9H,1-3H3. The molecular weight excluding hydrogens is 302 g/mol. The molecule has 6 heteroatoms. The van der Waals surface area contributed by atoms with Gasteiger partial charge in [0.25, 0.3) is 0 Å². The molecule has 22 heavy (non-hydrogen) atoms. The van der Waals surface area contributed by atoms with Crippen LogP contribution in [0.15, 0.2) is 45.7 Å². The third kappa shape index (κ3) is 2.69. The first-order valence-electron chi connectivity index (χ1n) is 6.74. The molecule has 0 atom stereocenters. The summed E-state index contributed by atoms with van der Waals surface area (Å²) < 4.78 is 35.2. The van der Waals surface area contributed by atoms with Crippen molar-refractivity contribution >= 4 is 21.2 Å². The van der Waals surface area contributed by atoms with E-state index in [1.165, 1.54) is 6.07 Å². The quantitative estimate of drug-likeness (QED) is 0.691. The van der Waals surface area contributed by atoms with Gasteiger partial charge in [0.1, 0.15) is 16.2 Å². The molecule has 0 saturated heterocycles. The molecular formula is C16H15NO4S. The summed E-state index contributed by atoms with van der Waals surface area (Å²) in [5.41, 5.74) is 3.07. The Hall–Kier alpha value is -2.34. The minimum absolute atomic E-state index is 0.132. The minimum Gasteiger partial charge on any atom is -0.441 e. The molecule has 0 radical (unpaired) electrons. The van der Waals surface area contributed by atoms with Crippen LogP contribution in [0.2, 0.25) is 0 Å². The molecule has 0 amide bonds. The van der Waals surface area contributed by atoms with E-state index in [1.807, 2.05) is 13.8 Å². The summed E-state index contributed by atoms with van der Waals surface area (Å²) in [5.74, 6) is 0.725. The van der Waals surface area contributed by atoms with Crippen molar-refractivity contribution in [3.63, 3.8) is 0 Å². The molecule has 0 aliphatic heterocycles. The number of oxazole rings is 1. The summed E-state index contributed by atoms with van der Waals surface area (Å²) in [5, 5.41) is 0. The van der Waals surface area contributed by atoms with Gasteiger partial charge < -0.3 is 8.60 Å². The van der Waals surface area contributed by atoms with Gasteiger partial charge >= 0.3 is 10.1 Å². The second-order valence-electron chi connectivity index (χ2n) is 5.15. The lowest BCUT2D eigenvalue weighted by molar-refractivity contribution is 0.486. The highest BCUT2D eigenvalue weighted by Crippen LogP contribution is 2.25. The van der Waals surface area contributed by atoms with Crippen molar-refractivity contribution in [2.24, 2.45) is 0 Å².